The maximum absolute atomic E-state index is 12.5. The first-order chi connectivity index (χ1) is 15.1. The fourth-order valence-electron chi connectivity index (χ4n) is 3.30. The molecule has 0 atom stereocenters. The van der Waals surface area contributed by atoms with Gasteiger partial charge in [-0.05, 0) is 36.2 Å². The van der Waals surface area contributed by atoms with Crippen molar-refractivity contribution in [2.24, 2.45) is 7.05 Å². The average molecular weight is 437 g/mol. The molecule has 2 heterocycles. The van der Waals surface area contributed by atoms with Crippen molar-refractivity contribution in [3.05, 3.63) is 75.8 Å². The van der Waals surface area contributed by atoms with Crippen molar-refractivity contribution < 1.29 is 9.47 Å². The number of aromatic nitrogens is 4. The quantitative estimate of drug-likeness (QED) is 0.419. The summed E-state index contributed by atoms with van der Waals surface area (Å²) in [4.78, 5) is 15.8. The predicted molar refractivity (Wildman–Crippen MR) is 122 cm³/mol. The monoisotopic (exact) mass is 436 g/mol. The van der Waals surface area contributed by atoms with Crippen molar-refractivity contribution in [2.75, 3.05) is 7.11 Å². The Morgan fingerprint density at radius 2 is 1.97 bits per heavy atom. The topological polar surface area (TPSA) is 82.0 Å². The van der Waals surface area contributed by atoms with Gasteiger partial charge in [-0.1, -0.05) is 36.9 Å². The van der Waals surface area contributed by atoms with Crippen LogP contribution in [0, 0.1) is 0 Å². The second-order valence-electron chi connectivity index (χ2n) is 7.07. The van der Waals surface area contributed by atoms with Gasteiger partial charge in [0.2, 0.25) is 0 Å². The van der Waals surface area contributed by atoms with Crippen molar-refractivity contribution in [2.45, 2.75) is 30.9 Å². The van der Waals surface area contributed by atoms with E-state index in [1.807, 2.05) is 41.9 Å². The molecule has 8 heteroatoms. The number of methoxy groups -OCH3 is 1. The molecule has 31 heavy (non-hydrogen) atoms. The minimum absolute atomic E-state index is 0.0371. The van der Waals surface area contributed by atoms with Gasteiger partial charge in [-0.25, -0.2) is 0 Å². The molecule has 0 aliphatic heterocycles. The Morgan fingerprint density at radius 1 is 1.13 bits per heavy atom. The third kappa shape index (κ3) is 4.59. The lowest BCUT2D eigenvalue weighted by atomic mass is 10.1. The summed E-state index contributed by atoms with van der Waals surface area (Å²) in [5.74, 6) is 2.85. The van der Waals surface area contributed by atoms with Crippen molar-refractivity contribution in [1.29, 1.82) is 0 Å². The molecule has 0 saturated heterocycles. The third-order valence-corrected chi connectivity index (χ3v) is 6.15. The van der Waals surface area contributed by atoms with E-state index in [0.717, 1.165) is 39.9 Å². The number of nitrogens with zero attached hydrogens (tertiary/aromatic N) is 3. The fraction of sp³-hybridized carbons (Fsp3) is 0.261. The first kappa shape index (κ1) is 21.0. The van der Waals surface area contributed by atoms with E-state index in [9.17, 15) is 4.79 Å². The molecule has 0 amide bonds. The SMILES string of the molecule is CCc1ccccc1OCc1nnc(SCc2cc(=O)c3cc(OC)ccc3[nH]2)n1C. The number of aromatic amines is 1. The van der Waals surface area contributed by atoms with Gasteiger partial charge in [0, 0.05) is 35.5 Å². The maximum atomic E-state index is 12.5. The lowest BCUT2D eigenvalue weighted by Crippen LogP contribution is -2.06. The molecule has 4 rings (SSSR count). The molecular formula is C23H24N4O3S. The van der Waals surface area contributed by atoms with Gasteiger partial charge >= 0.3 is 0 Å². The summed E-state index contributed by atoms with van der Waals surface area (Å²) in [6.45, 7) is 2.45. The zero-order chi connectivity index (χ0) is 21.8. The molecule has 0 saturated carbocycles. The van der Waals surface area contributed by atoms with Gasteiger partial charge in [-0.2, -0.15) is 0 Å². The highest BCUT2D eigenvalue weighted by Gasteiger charge is 2.12. The Bertz CT molecular complexity index is 1270. The Balaban J connectivity index is 1.45. The number of hydrogen-bond acceptors (Lipinski definition) is 6. The summed E-state index contributed by atoms with van der Waals surface area (Å²) < 4.78 is 13.1. The molecule has 160 valence electrons. The summed E-state index contributed by atoms with van der Waals surface area (Å²) in [5.41, 5.74) is 2.73. The zero-order valence-electron chi connectivity index (χ0n) is 17.7. The van der Waals surface area contributed by atoms with E-state index in [-0.39, 0.29) is 5.43 Å². The third-order valence-electron chi connectivity index (χ3n) is 5.08. The smallest absolute Gasteiger partial charge is 0.191 e. The van der Waals surface area contributed by atoms with E-state index in [1.165, 1.54) is 11.8 Å². The lowest BCUT2D eigenvalue weighted by molar-refractivity contribution is 0.287. The number of para-hydroxylation sites is 1. The number of pyridine rings is 1. The van der Waals surface area contributed by atoms with Gasteiger partial charge in [0.15, 0.2) is 16.4 Å². The second kappa shape index (κ2) is 9.26. The largest absolute Gasteiger partial charge is 0.497 e. The van der Waals surface area contributed by atoms with Gasteiger partial charge in [0.1, 0.15) is 18.1 Å². The normalized spacial score (nSPS) is 11.1. The standard InChI is InChI=1S/C23H24N4O3S/c1-4-15-7-5-6-8-21(15)30-13-22-25-26-23(27(22)2)31-14-16-11-20(28)18-12-17(29-3)9-10-19(18)24-16/h5-12H,4,13-14H2,1-3H3,(H,24,28). The number of ether oxygens (including phenoxy) is 2. The number of hydrogen-bond donors (Lipinski definition) is 1. The minimum atomic E-state index is -0.0371. The number of fused-ring (bicyclic) bond motifs is 1. The number of benzene rings is 2. The van der Waals surface area contributed by atoms with E-state index in [1.54, 1.807) is 19.2 Å². The molecular weight excluding hydrogens is 412 g/mol. The molecule has 4 aromatic rings. The Kier molecular flexibility index (Phi) is 6.27. The van der Waals surface area contributed by atoms with Crippen LogP contribution in [0.5, 0.6) is 11.5 Å². The number of thioether (sulfide) groups is 1. The molecule has 7 nitrogen and oxygen atoms in total. The number of aryl methyl sites for hydroxylation is 1. The van der Waals surface area contributed by atoms with Crippen LogP contribution in [-0.2, 0) is 25.8 Å². The first-order valence-electron chi connectivity index (χ1n) is 10.0. The molecule has 0 fully saturated rings. The molecule has 0 spiro atoms. The fourth-order valence-corrected chi connectivity index (χ4v) is 4.14. The molecule has 0 aliphatic rings. The Labute approximate surface area is 184 Å². The molecule has 0 bridgehead atoms. The summed E-state index contributed by atoms with van der Waals surface area (Å²) in [6.07, 6.45) is 0.910. The van der Waals surface area contributed by atoms with Crippen LogP contribution >= 0.6 is 11.8 Å². The van der Waals surface area contributed by atoms with Crippen molar-refractivity contribution in [3.63, 3.8) is 0 Å². The second-order valence-corrected chi connectivity index (χ2v) is 8.01. The van der Waals surface area contributed by atoms with E-state index in [0.29, 0.717) is 23.5 Å². The van der Waals surface area contributed by atoms with E-state index >= 15 is 0 Å². The summed E-state index contributed by atoms with van der Waals surface area (Å²) in [6, 6.07) is 15.1. The van der Waals surface area contributed by atoms with Crippen LogP contribution in [-0.4, -0.2) is 26.9 Å². The van der Waals surface area contributed by atoms with Crippen molar-refractivity contribution in [3.8, 4) is 11.5 Å². The van der Waals surface area contributed by atoms with Crippen LogP contribution in [0.2, 0.25) is 0 Å². The molecule has 1 N–H and O–H groups in total. The van der Waals surface area contributed by atoms with Crippen LogP contribution < -0.4 is 14.9 Å². The van der Waals surface area contributed by atoms with Gasteiger partial charge in [-0.3, -0.25) is 4.79 Å². The van der Waals surface area contributed by atoms with Gasteiger partial charge < -0.3 is 19.0 Å². The predicted octanol–water partition coefficient (Wildman–Crippen LogP) is 4.10. The highest BCUT2D eigenvalue weighted by molar-refractivity contribution is 7.98. The minimum Gasteiger partial charge on any atom is -0.497 e. The van der Waals surface area contributed by atoms with Crippen LogP contribution in [0.3, 0.4) is 0 Å². The first-order valence-corrected chi connectivity index (χ1v) is 11.0. The lowest BCUT2D eigenvalue weighted by Gasteiger charge is -2.10. The van der Waals surface area contributed by atoms with Crippen LogP contribution in [0.25, 0.3) is 10.9 Å². The zero-order valence-corrected chi connectivity index (χ0v) is 18.5. The van der Waals surface area contributed by atoms with E-state index in [4.69, 9.17) is 9.47 Å². The summed E-state index contributed by atoms with van der Waals surface area (Å²) >= 11 is 1.51. The Hall–Kier alpha value is -3.26. The van der Waals surface area contributed by atoms with Crippen LogP contribution in [0.1, 0.15) is 24.0 Å². The summed E-state index contributed by atoms with van der Waals surface area (Å²) in [5, 5.41) is 9.92. The number of H-pyrrole nitrogens is 1. The Morgan fingerprint density at radius 3 is 2.77 bits per heavy atom. The number of rotatable bonds is 8. The summed E-state index contributed by atoms with van der Waals surface area (Å²) in [7, 11) is 3.51. The van der Waals surface area contributed by atoms with E-state index in [2.05, 4.69) is 28.2 Å². The van der Waals surface area contributed by atoms with Crippen molar-refractivity contribution in [1.82, 2.24) is 19.7 Å². The highest BCUT2D eigenvalue weighted by atomic mass is 32.2. The van der Waals surface area contributed by atoms with Crippen LogP contribution in [0.15, 0.2) is 58.5 Å². The van der Waals surface area contributed by atoms with Gasteiger partial charge in [0.05, 0.1) is 7.11 Å². The molecule has 2 aromatic heterocycles. The average Bonchev–Trinajstić information content (AvgIpc) is 3.15. The number of nitrogens with one attached hydrogen (secondary N) is 1. The highest BCUT2D eigenvalue weighted by Crippen LogP contribution is 2.23. The van der Waals surface area contributed by atoms with Gasteiger partial charge in [-0.15, -0.1) is 10.2 Å². The van der Waals surface area contributed by atoms with Crippen LogP contribution in [0.4, 0.5) is 0 Å². The molecule has 0 unspecified atom stereocenters. The van der Waals surface area contributed by atoms with Crippen molar-refractivity contribution >= 4 is 22.7 Å². The molecule has 0 radical (unpaired) electrons. The maximum Gasteiger partial charge on any atom is 0.191 e. The molecule has 2 aromatic carbocycles. The van der Waals surface area contributed by atoms with E-state index < -0.39 is 0 Å². The van der Waals surface area contributed by atoms with Gasteiger partial charge in [0.25, 0.3) is 0 Å². The molecule has 0 aliphatic carbocycles.